The molecule has 7 nitrogen and oxygen atoms in total. The topological polar surface area (TPSA) is 86.9 Å². The molecule has 0 radical (unpaired) electrons. The maximum atomic E-state index is 12.9. The number of oxazole rings is 1. The molecule has 2 fully saturated rings. The summed E-state index contributed by atoms with van der Waals surface area (Å²) in [6.07, 6.45) is 2.64. The number of anilines is 1. The van der Waals surface area contributed by atoms with Gasteiger partial charge in [-0.05, 0) is 44.7 Å². The van der Waals surface area contributed by atoms with Gasteiger partial charge in [0, 0.05) is 25.6 Å². The third kappa shape index (κ3) is 2.71. The van der Waals surface area contributed by atoms with Crippen molar-refractivity contribution in [1.82, 2.24) is 9.88 Å². The molecule has 0 saturated carbocycles. The maximum absolute atomic E-state index is 12.9. The maximum Gasteiger partial charge on any atom is 0.329 e. The number of carbonyl (C=O) groups excluding carboxylic acids is 1. The lowest BCUT2D eigenvalue weighted by atomic mass is 9.92. The molecular formula is C19H23N3O4. The summed E-state index contributed by atoms with van der Waals surface area (Å²) in [6.45, 7) is 3.56. The highest BCUT2D eigenvalue weighted by atomic mass is 16.4. The molecule has 1 N–H and O–H groups in total. The van der Waals surface area contributed by atoms with E-state index in [2.05, 4.69) is 9.88 Å². The quantitative estimate of drug-likeness (QED) is 0.908. The molecule has 2 aliphatic heterocycles. The number of carbonyl (C=O) groups is 2. The fraction of sp³-hybridized carbons (Fsp3) is 0.526. The van der Waals surface area contributed by atoms with Gasteiger partial charge < -0.3 is 19.3 Å². The third-order valence-electron chi connectivity index (χ3n) is 5.77. The largest absolute Gasteiger partial charge is 0.480 e. The molecule has 1 unspecified atom stereocenters. The van der Waals surface area contributed by atoms with E-state index in [1.165, 1.54) is 0 Å². The molecule has 1 aromatic carbocycles. The molecular weight excluding hydrogens is 334 g/mol. The zero-order chi connectivity index (χ0) is 18.3. The van der Waals surface area contributed by atoms with E-state index in [0.717, 1.165) is 17.5 Å². The first-order valence-corrected chi connectivity index (χ1v) is 9.14. The number of carboxylic acid groups (broad SMARTS) is 1. The molecule has 2 saturated heterocycles. The predicted molar refractivity (Wildman–Crippen MR) is 95.9 cm³/mol. The lowest BCUT2D eigenvalue weighted by Crippen LogP contribution is -2.53. The van der Waals surface area contributed by atoms with E-state index in [1.54, 1.807) is 11.8 Å². The Labute approximate surface area is 151 Å². The number of hydrogen-bond donors (Lipinski definition) is 1. The number of carboxylic acids is 1. The van der Waals surface area contributed by atoms with Crippen LogP contribution in [0.1, 0.15) is 32.6 Å². The highest BCUT2D eigenvalue weighted by Gasteiger charge is 2.47. The van der Waals surface area contributed by atoms with Crippen molar-refractivity contribution in [1.29, 1.82) is 0 Å². The highest BCUT2D eigenvalue weighted by molar-refractivity contribution is 5.88. The summed E-state index contributed by atoms with van der Waals surface area (Å²) in [5.41, 5.74) is 0.527. The third-order valence-corrected chi connectivity index (χ3v) is 5.77. The number of aliphatic carboxylic acids is 1. The minimum absolute atomic E-state index is 0.0235. The number of para-hydroxylation sites is 2. The van der Waals surface area contributed by atoms with E-state index >= 15 is 0 Å². The van der Waals surface area contributed by atoms with Crippen LogP contribution in [0.4, 0.5) is 6.01 Å². The number of fused-ring (bicyclic) bond motifs is 1. The van der Waals surface area contributed by atoms with Crippen molar-refractivity contribution in [3.8, 4) is 0 Å². The van der Waals surface area contributed by atoms with Crippen molar-refractivity contribution in [3.05, 3.63) is 24.3 Å². The summed E-state index contributed by atoms with van der Waals surface area (Å²) in [4.78, 5) is 32.7. The molecule has 4 rings (SSSR count). The van der Waals surface area contributed by atoms with E-state index in [4.69, 9.17) is 4.42 Å². The van der Waals surface area contributed by atoms with Gasteiger partial charge in [0.25, 0.3) is 6.01 Å². The number of hydrogen-bond acceptors (Lipinski definition) is 5. The summed E-state index contributed by atoms with van der Waals surface area (Å²) in [5, 5.41) is 9.53. The first-order valence-electron chi connectivity index (χ1n) is 9.14. The Morgan fingerprint density at radius 2 is 1.96 bits per heavy atom. The molecule has 0 spiro atoms. The molecule has 1 aromatic heterocycles. The van der Waals surface area contributed by atoms with Crippen LogP contribution in [0.2, 0.25) is 0 Å². The average Bonchev–Trinajstić information content (AvgIpc) is 3.25. The Balaban J connectivity index is 1.43. The van der Waals surface area contributed by atoms with Crippen molar-refractivity contribution in [3.63, 3.8) is 0 Å². The molecule has 0 aliphatic carbocycles. The zero-order valence-corrected chi connectivity index (χ0v) is 14.9. The van der Waals surface area contributed by atoms with Crippen LogP contribution >= 0.6 is 0 Å². The molecule has 7 heteroatoms. The molecule has 2 aromatic rings. The van der Waals surface area contributed by atoms with E-state index in [9.17, 15) is 14.7 Å². The molecule has 1 amide bonds. The first kappa shape index (κ1) is 16.9. The number of piperidine rings is 1. The number of rotatable bonds is 3. The van der Waals surface area contributed by atoms with Crippen LogP contribution in [0.15, 0.2) is 28.7 Å². The van der Waals surface area contributed by atoms with E-state index in [0.29, 0.717) is 44.9 Å². The Kier molecular flexibility index (Phi) is 4.09. The summed E-state index contributed by atoms with van der Waals surface area (Å²) in [5.74, 6) is -1.07. The molecule has 1 atom stereocenters. The van der Waals surface area contributed by atoms with Gasteiger partial charge in [0.15, 0.2) is 5.58 Å². The van der Waals surface area contributed by atoms with Crippen molar-refractivity contribution < 1.29 is 19.1 Å². The Hall–Kier alpha value is -2.57. The SMILES string of the molecule is CC1(C(=O)O)CCCN1C(=O)C1CCN(c2nc3ccccc3o2)CC1. The van der Waals surface area contributed by atoms with Crippen molar-refractivity contribution in [2.24, 2.45) is 5.92 Å². The Morgan fingerprint density at radius 3 is 2.65 bits per heavy atom. The van der Waals surface area contributed by atoms with Gasteiger partial charge in [-0.1, -0.05) is 12.1 Å². The number of likely N-dealkylation sites (tertiary alicyclic amines) is 1. The van der Waals surface area contributed by atoms with Gasteiger partial charge in [-0.25, -0.2) is 4.79 Å². The van der Waals surface area contributed by atoms with E-state index in [1.807, 2.05) is 24.3 Å². The normalized spacial score (nSPS) is 24.3. The molecule has 3 heterocycles. The van der Waals surface area contributed by atoms with Gasteiger partial charge in [0.1, 0.15) is 11.1 Å². The van der Waals surface area contributed by atoms with Crippen LogP contribution in [-0.2, 0) is 9.59 Å². The fourth-order valence-electron chi connectivity index (χ4n) is 4.07. The van der Waals surface area contributed by atoms with Crippen LogP contribution in [0.25, 0.3) is 11.1 Å². The van der Waals surface area contributed by atoms with Crippen LogP contribution in [0.3, 0.4) is 0 Å². The predicted octanol–water partition coefficient (Wildman–Crippen LogP) is 2.51. The number of aromatic nitrogens is 1. The van der Waals surface area contributed by atoms with Crippen LogP contribution in [0.5, 0.6) is 0 Å². The average molecular weight is 357 g/mol. The number of amides is 1. The second kappa shape index (κ2) is 6.30. The number of nitrogens with zero attached hydrogens (tertiary/aromatic N) is 3. The molecule has 2 aliphatic rings. The fourth-order valence-corrected chi connectivity index (χ4v) is 4.07. The molecule has 26 heavy (non-hydrogen) atoms. The van der Waals surface area contributed by atoms with Gasteiger partial charge in [-0.15, -0.1) is 0 Å². The van der Waals surface area contributed by atoms with Crippen molar-refractivity contribution in [2.75, 3.05) is 24.5 Å². The number of benzene rings is 1. The summed E-state index contributed by atoms with van der Waals surface area (Å²) < 4.78 is 5.81. The Bertz CT molecular complexity index is 807. The Morgan fingerprint density at radius 1 is 1.23 bits per heavy atom. The van der Waals surface area contributed by atoms with Gasteiger partial charge in [-0.3, -0.25) is 4.79 Å². The zero-order valence-electron chi connectivity index (χ0n) is 14.9. The molecule has 0 bridgehead atoms. The lowest BCUT2D eigenvalue weighted by Gasteiger charge is -2.37. The van der Waals surface area contributed by atoms with Gasteiger partial charge >= 0.3 is 5.97 Å². The summed E-state index contributed by atoms with van der Waals surface area (Å²) in [7, 11) is 0. The standard InChI is InChI=1S/C19H23N3O4/c1-19(17(24)25)9-4-10-22(19)16(23)13-7-11-21(12-8-13)18-20-14-5-2-3-6-15(14)26-18/h2-3,5-6,13H,4,7-12H2,1H3,(H,24,25). The highest BCUT2D eigenvalue weighted by Crippen LogP contribution is 2.33. The van der Waals surface area contributed by atoms with Crippen molar-refractivity contribution >= 4 is 29.0 Å². The first-order chi connectivity index (χ1) is 12.5. The van der Waals surface area contributed by atoms with Gasteiger partial charge in [0.05, 0.1) is 0 Å². The second-order valence-electron chi connectivity index (χ2n) is 7.40. The lowest BCUT2D eigenvalue weighted by molar-refractivity contribution is -0.157. The van der Waals surface area contributed by atoms with E-state index < -0.39 is 11.5 Å². The minimum atomic E-state index is -1.06. The van der Waals surface area contributed by atoms with Crippen LogP contribution < -0.4 is 4.90 Å². The summed E-state index contributed by atoms with van der Waals surface area (Å²) >= 11 is 0. The summed E-state index contributed by atoms with van der Waals surface area (Å²) in [6, 6.07) is 8.24. The van der Waals surface area contributed by atoms with E-state index in [-0.39, 0.29) is 11.8 Å². The monoisotopic (exact) mass is 357 g/mol. The minimum Gasteiger partial charge on any atom is -0.480 e. The van der Waals surface area contributed by atoms with Gasteiger partial charge in [0.2, 0.25) is 5.91 Å². The van der Waals surface area contributed by atoms with Gasteiger partial charge in [-0.2, -0.15) is 4.98 Å². The van der Waals surface area contributed by atoms with Crippen LogP contribution in [0, 0.1) is 5.92 Å². The molecule has 138 valence electrons. The van der Waals surface area contributed by atoms with Crippen molar-refractivity contribution in [2.45, 2.75) is 38.1 Å². The second-order valence-corrected chi connectivity index (χ2v) is 7.40. The van der Waals surface area contributed by atoms with Crippen LogP contribution in [-0.4, -0.2) is 52.0 Å². The smallest absolute Gasteiger partial charge is 0.329 e.